The van der Waals surface area contributed by atoms with E-state index in [1.807, 2.05) is 25.2 Å². The topological polar surface area (TPSA) is 26.3 Å². The molecule has 0 aromatic heterocycles. The van der Waals surface area contributed by atoms with Crippen LogP contribution in [0.4, 0.5) is 0 Å². The van der Waals surface area contributed by atoms with E-state index in [-0.39, 0.29) is 5.41 Å². The molecule has 0 aliphatic heterocycles. The van der Waals surface area contributed by atoms with Crippen molar-refractivity contribution >= 4 is 5.97 Å². The lowest BCUT2D eigenvalue weighted by Gasteiger charge is -2.20. The number of ether oxygens (including phenoxy) is 1. The van der Waals surface area contributed by atoms with Gasteiger partial charge in [0.05, 0.1) is 5.56 Å². The van der Waals surface area contributed by atoms with E-state index in [4.69, 9.17) is 6.42 Å². The molecular weight excluding hydrogens is 284 g/mol. The third-order valence-electron chi connectivity index (χ3n) is 3.92. The van der Waals surface area contributed by atoms with E-state index in [1.54, 1.807) is 6.07 Å². The molecule has 0 saturated heterocycles. The van der Waals surface area contributed by atoms with Crippen LogP contribution in [0.15, 0.2) is 42.5 Å². The molecule has 118 valence electrons. The molecule has 0 heterocycles. The summed E-state index contributed by atoms with van der Waals surface area (Å²) < 4.78 is 4.67. The van der Waals surface area contributed by atoms with Crippen LogP contribution in [0.5, 0.6) is 0 Å². The van der Waals surface area contributed by atoms with Crippen LogP contribution in [0, 0.1) is 12.5 Å². The molecule has 2 heteroatoms. The Morgan fingerprint density at radius 3 is 2.43 bits per heavy atom. The van der Waals surface area contributed by atoms with Crippen LogP contribution in [-0.4, -0.2) is 5.97 Å². The zero-order valence-corrected chi connectivity index (χ0v) is 14.1. The maximum Gasteiger partial charge on any atom is 0.352 e. The summed E-state index contributed by atoms with van der Waals surface area (Å²) in [5.74, 6) is -0.473. The number of benzene rings is 2. The van der Waals surface area contributed by atoms with Crippen LogP contribution in [0.2, 0.25) is 0 Å². The highest BCUT2D eigenvalue weighted by Crippen LogP contribution is 2.29. The first-order valence-electron chi connectivity index (χ1n) is 7.77. The fourth-order valence-electron chi connectivity index (χ4n) is 2.54. The predicted octanol–water partition coefficient (Wildman–Crippen LogP) is 4.96. The van der Waals surface area contributed by atoms with Gasteiger partial charge < -0.3 is 4.74 Å². The Bertz CT molecular complexity index is 758. The van der Waals surface area contributed by atoms with Gasteiger partial charge in [-0.15, -0.1) is 0 Å². The lowest BCUT2D eigenvalue weighted by atomic mass is 9.85. The van der Waals surface area contributed by atoms with Crippen molar-refractivity contribution in [3.05, 3.63) is 59.2 Å². The Morgan fingerprint density at radius 1 is 1.13 bits per heavy atom. The fourth-order valence-corrected chi connectivity index (χ4v) is 2.54. The number of hydrogen-bond donors (Lipinski definition) is 0. The Kier molecular flexibility index (Phi) is 4.91. The summed E-state index contributed by atoms with van der Waals surface area (Å²) in [6.45, 7) is 8.60. The average molecular weight is 306 g/mol. The Labute approximate surface area is 138 Å². The molecule has 0 aliphatic carbocycles. The third-order valence-corrected chi connectivity index (χ3v) is 3.92. The minimum atomic E-state index is -0.473. The van der Waals surface area contributed by atoms with Crippen molar-refractivity contribution in [2.75, 3.05) is 0 Å². The van der Waals surface area contributed by atoms with E-state index >= 15 is 0 Å². The maximum absolute atomic E-state index is 11.9. The minimum Gasteiger partial charge on any atom is -0.369 e. The van der Waals surface area contributed by atoms with Crippen LogP contribution < -0.4 is 0 Å². The lowest BCUT2D eigenvalue weighted by molar-refractivity contribution is 0.0690. The Hall–Kier alpha value is -2.53. The summed E-state index contributed by atoms with van der Waals surface area (Å²) in [6.07, 6.45) is 7.72. The average Bonchev–Trinajstić information content (AvgIpc) is 2.53. The molecule has 0 spiro atoms. The molecule has 0 N–H and O–H groups in total. The monoisotopic (exact) mass is 306 g/mol. The van der Waals surface area contributed by atoms with Crippen LogP contribution in [0.3, 0.4) is 0 Å². The van der Waals surface area contributed by atoms with E-state index in [1.165, 1.54) is 5.56 Å². The SMILES string of the molecule is C#COC(=O)c1ccc(-c2cccc(C(C)(C)C)c2)cc1CC. The Balaban J connectivity index is 2.46. The summed E-state index contributed by atoms with van der Waals surface area (Å²) in [4.78, 5) is 11.9. The zero-order chi connectivity index (χ0) is 17.0. The van der Waals surface area contributed by atoms with Crippen molar-refractivity contribution in [3.8, 4) is 23.7 Å². The molecule has 0 fully saturated rings. The number of aryl methyl sites for hydroxylation is 1. The van der Waals surface area contributed by atoms with Gasteiger partial charge in [0.2, 0.25) is 0 Å². The number of carbonyl (C=O) groups excluding carboxylic acids is 1. The molecule has 2 aromatic carbocycles. The molecular formula is C21H22O2. The molecule has 0 bridgehead atoms. The number of esters is 1. The van der Waals surface area contributed by atoms with E-state index < -0.39 is 5.97 Å². The molecule has 0 amide bonds. The zero-order valence-electron chi connectivity index (χ0n) is 14.1. The van der Waals surface area contributed by atoms with Gasteiger partial charge in [-0.3, -0.25) is 0 Å². The third kappa shape index (κ3) is 3.81. The van der Waals surface area contributed by atoms with Gasteiger partial charge >= 0.3 is 5.97 Å². The highest BCUT2D eigenvalue weighted by Gasteiger charge is 2.16. The molecule has 0 atom stereocenters. The highest BCUT2D eigenvalue weighted by atomic mass is 16.5. The maximum atomic E-state index is 11.9. The second-order valence-corrected chi connectivity index (χ2v) is 6.56. The lowest BCUT2D eigenvalue weighted by Crippen LogP contribution is -2.10. The summed E-state index contributed by atoms with van der Waals surface area (Å²) in [5.41, 5.74) is 5.07. The number of terminal acetylenes is 1. The normalized spacial score (nSPS) is 10.9. The van der Waals surface area contributed by atoms with Crippen molar-refractivity contribution in [1.82, 2.24) is 0 Å². The summed E-state index contributed by atoms with van der Waals surface area (Å²) in [5, 5.41) is 0. The molecule has 23 heavy (non-hydrogen) atoms. The smallest absolute Gasteiger partial charge is 0.352 e. The van der Waals surface area contributed by atoms with E-state index in [0.717, 1.165) is 23.1 Å². The first-order chi connectivity index (χ1) is 10.9. The molecule has 0 radical (unpaired) electrons. The van der Waals surface area contributed by atoms with Crippen LogP contribution in [0.1, 0.15) is 49.2 Å². The van der Waals surface area contributed by atoms with Gasteiger partial charge in [0.15, 0.2) is 0 Å². The van der Waals surface area contributed by atoms with Gasteiger partial charge in [0.1, 0.15) is 6.11 Å². The number of hydrogen-bond acceptors (Lipinski definition) is 2. The van der Waals surface area contributed by atoms with Gasteiger partial charge in [-0.05, 0) is 40.2 Å². The van der Waals surface area contributed by atoms with Gasteiger partial charge in [0, 0.05) is 0 Å². The van der Waals surface area contributed by atoms with Crippen molar-refractivity contribution in [2.45, 2.75) is 39.5 Å². The summed E-state index contributed by atoms with van der Waals surface area (Å²) in [6, 6.07) is 14.3. The van der Waals surface area contributed by atoms with Crippen molar-refractivity contribution in [3.63, 3.8) is 0 Å². The van der Waals surface area contributed by atoms with Crippen LogP contribution >= 0.6 is 0 Å². The van der Waals surface area contributed by atoms with E-state index in [0.29, 0.717) is 5.56 Å². The Morgan fingerprint density at radius 2 is 1.83 bits per heavy atom. The molecule has 2 aromatic rings. The number of carbonyl (C=O) groups is 1. The molecule has 2 nitrogen and oxygen atoms in total. The van der Waals surface area contributed by atoms with Gasteiger partial charge in [-0.25, -0.2) is 4.79 Å². The second kappa shape index (κ2) is 6.71. The summed E-state index contributed by atoms with van der Waals surface area (Å²) >= 11 is 0. The first-order valence-corrected chi connectivity index (χ1v) is 7.77. The van der Waals surface area contributed by atoms with E-state index in [2.05, 4.69) is 49.8 Å². The molecule has 0 unspecified atom stereocenters. The fraction of sp³-hybridized carbons (Fsp3) is 0.286. The predicted molar refractivity (Wildman–Crippen MR) is 94.2 cm³/mol. The first kappa shape index (κ1) is 16.8. The van der Waals surface area contributed by atoms with Crippen LogP contribution in [-0.2, 0) is 16.6 Å². The van der Waals surface area contributed by atoms with Gasteiger partial charge in [0.25, 0.3) is 0 Å². The highest BCUT2D eigenvalue weighted by molar-refractivity contribution is 5.92. The van der Waals surface area contributed by atoms with Gasteiger partial charge in [-0.1, -0.05) is 70.5 Å². The molecule has 2 rings (SSSR count). The van der Waals surface area contributed by atoms with Gasteiger partial charge in [-0.2, -0.15) is 0 Å². The van der Waals surface area contributed by atoms with Crippen molar-refractivity contribution < 1.29 is 9.53 Å². The molecule has 0 saturated carbocycles. The van der Waals surface area contributed by atoms with Crippen LogP contribution in [0.25, 0.3) is 11.1 Å². The standard InChI is InChI=1S/C21H22O2/c1-6-15-13-17(11-12-19(15)20(22)23-7-2)16-9-8-10-18(14-16)21(3,4)5/h2,8-14H,6H2,1,3-5H3. The summed E-state index contributed by atoms with van der Waals surface area (Å²) in [7, 11) is 0. The second-order valence-electron chi connectivity index (χ2n) is 6.56. The quantitative estimate of drug-likeness (QED) is 0.591. The van der Waals surface area contributed by atoms with E-state index in [9.17, 15) is 4.79 Å². The minimum absolute atomic E-state index is 0.0974. The van der Waals surface area contributed by atoms with Crippen molar-refractivity contribution in [1.29, 1.82) is 0 Å². The molecule has 0 aliphatic rings. The van der Waals surface area contributed by atoms with Crippen molar-refractivity contribution in [2.24, 2.45) is 0 Å². The number of rotatable bonds is 3. The largest absolute Gasteiger partial charge is 0.369 e.